The van der Waals surface area contributed by atoms with E-state index in [0.29, 0.717) is 40.2 Å². The molecule has 3 aromatic heterocycles. The maximum atomic E-state index is 13.7. The van der Waals surface area contributed by atoms with E-state index in [2.05, 4.69) is 20.3 Å². The fraction of sp³-hybridized carbons (Fsp3) is 0.292. The van der Waals surface area contributed by atoms with Crippen molar-refractivity contribution in [2.45, 2.75) is 18.4 Å². The summed E-state index contributed by atoms with van der Waals surface area (Å²) in [4.78, 5) is 41.5. The lowest BCUT2D eigenvalue weighted by Crippen LogP contribution is -2.49. The van der Waals surface area contributed by atoms with Crippen molar-refractivity contribution in [2.75, 3.05) is 43.5 Å². The summed E-state index contributed by atoms with van der Waals surface area (Å²) in [6.45, 7) is 2.59. The first-order chi connectivity index (χ1) is 18.3. The Labute approximate surface area is 222 Å². The van der Waals surface area contributed by atoms with Crippen LogP contribution >= 0.6 is 11.3 Å². The van der Waals surface area contributed by atoms with E-state index in [1.54, 1.807) is 49.6 Å². The first-order valence-electron chi connectivity index (χ1n) is 11.7. The molecule has 0 radical (unpaired) electrons. The van der Waals surface area contributed by atoms with E-state index < -0.39 is 21.5 Å². The number of methoxy groups -OCH3 is 1. The molecule has 0 unspecified atom stereocenters. The van der Waals surface area contributed by atoms with Gasteiger partial charge in [-0.3, -0.25) is 14.2 Å². The van der Waals surface area contributed by atoms with Crippen molar-refractivity contribution >= 4 is 49.1 Å². The number of amides is 1. The summed E-state index contributed by atoms with van der Waals surface area (Å²) in [5, 5.41) is 2.71. The summed E-state index contributed by atoms with van der Waals surface area (Å²) < 4.78 is 35.1. The number of ether oxygens (including phenoxy) is 1. The second-order valence-corrected chi connectivity index (χ2v) is 11.6. The summed E-state index contributed by atoms with van der Waals surface area (Å²) in [5.74, 6) is 0.655. The molecule has 0 aliphatic carbocycles. The third-order valence-corrected chi connectivity index (χ3v) is 9.35. The number of thiophene rings is 1. The van der Waals surface area contributed by atoms with Crippen LogP contribution in [0.15, 0.2) is 58.7 Å². The van der Waals surface area contributed by atoms with Crippen molar-refractivity contribution < 1.29 is 17.9 Å². The molecule has 1 fully saturated rings. The third kappa shape index (κ3) is 4.97. The zero-order chi connectivity index (χ0) is 26.9. The zero-order valence-electron chi connectivity index (χ0n) is 20.7. The van der Waals surface area contributed by atoms with E-state index >= 15 is 0 Å². The molecule has 1 saturated heterocycles. The lowest BCUT2D eigenvalue weighted by molar-refractivity contribution is -0.116. The van der Waals surface area contributed by atoms with E-state index in [0.717, 1.165) is 15.9 Å². The number of hydrogen-bond donors (Lipinski definition) is 1. The number of nitrogens with one attached hydrogen (secondary N) is 1. The Morgan fingerprint density at radius 3 is 2.55 bits per heavy atom. The molecule has 4 heterocycles. The van der Waals surface area contributed by atoms with Crippen LogP contribution in [0.1, 0.15) is 4.88 Å². The van der Waals surface area contributed by atoms with Crippen LogP contribution in [-0.4, -0.2) is 71.4 Å². The van der Waals surface area contributed by atoms with Crippen LogP contribution < -0.4 is 20.5 Å². The quantitative estimate of drug-likeness (QED) is 0.361. The van der Waals surface area contributed by atoms with Gasteiger partial charge >= 0.3 is 0 Å². The number of piperazine rings is 1. The van der Waals surface area contributed by atoms with Crippen LogP contribution in [0.4, 0.5) is 11.6 Å². The van der Waals surface area contributed by atoms with Gasteiger partial charge in [0, 0.05) is 55.2 Å². The van der Waals surface area contributed by atoms with Gasteiger partial charge in [-0.05, 0) is 25.1 Å². The number of sulfonamides is 1. The number of hydrogen-bond acceptors (Lipinski definition) is 10. The second-order valence-electron chi connectivity index (χ2n) is 8.57. The van der Waals surface area contributed by atoms with E-state index in [-0.39, 0.29) is 29.9 Å². The Hall–Kier alpha value is -3.88. The highest BCUT2D eigenvalue weighted by atomic mass is 32.2. The summed E-state index contributed by atoms with van der Waals surface area (Å²) in [5.41, 5.74) is -0.0823. The number of carbonyl (C=O) groups excluding carboxylic acids is 1. The molecule has 5 rings (SSSR count). The Morgan fingerprint density at radius 2 is 1.84 bits per heavy atom. The highest BCUT2D eigenvalue weighted by molar-refractivity contribution is 7.89. The number of carbonyl (C=O) groups is 1. The van der Waals surface area contributed by atoms with E-state index in [1.165, 1.54) is 17.7 Å². The van der Waals surface area contributed by atoms with Gasteiger partial charge in [0.25, 0.3) is 5.56 Å². The number of rotatable bonds is 7. The number of aromatic nitrogens is 4. The van der Waals surface area contributed by atoms with Gasteiger partial charge in [-0.1, -0.05) is 6.07 Å². The van der Waals surface area contributed by atoms with Crippen molar-refractivity contribution in [1.82, 2.24) is 23.8 Å². The molecular weight excluding hydrogens is 530 g/mol. The molecule has 0 bridgehead atoms. The van der Waals surface area contributed by atoms with E-state index in [1.807, 2.05) is 4.90 Å². The highest BCUT2D eigenvalue weighted by Gasteiger charge is 2.34. The fourth-order valence-corrected chi connectivity index (χ4v) is 7.39. The average Bonchev–Trinajstić information content (AvgIpc) is 3.28. The van der Waals surface area contributed by atoms with E-state index in [4.69, 9.17) is 4.74 Å². The van der Waals surface area contributed by atoms with Crippen LogP contribution in [0.25, 0.3) is 10.2 Å². The molecule has 1 amide bonds. The molecule has 0 atom stereocenters. The summed E-state index contributed by atoms with van der Waals surface area (Å²) in [6, 6.07) is 8.54. The Bertz CT molecular complexity index is 1650. The number of benzene rings is 1. The Balaban J connectivity index is 1.40. The monoisotopic (exact) mass is 555 g/mol. The normalized spacial score (nSPS) is 14.5. The largest absolute Gasteiger partial charge is 0.497 e. The van der Waals surface area contributed by atoms with Gasteiger partial charge in [-0.15, -0.1) is 11.3 Å². The predicted octanol–water partition coefficient (Wildman–Crippen LogP) is 1.71. The molecule has 4 aromatic rings. The van der Waals surface area contributed by atoms with Gasteiger partial charge in [0.05, 0.1) is 18.8 Å². The molecule has 12 nitrogen and oxygen atoms in total. The second kappa shape index (κ2) is 10.5. The predicted molar refractivity (Wildman–Crippen MR) is 143 cm³/mol. The topological polar surface area (TPSA) is 140 Å². The number of aryl methyl sites for hydroxylation is 1. The maximum Gasteiger partial charge on any atom is 0.263 e. The molecular formula is C24H25N7O5S2. The molecule has 1 N–H and O–H groups in total. The third-order valence-electron chi connectivity index (χ3n) is 6.14. The van der Waals surface area contributed by atoms with Crippen LogP contribution in [-0.2, 0) is 21.4 Å². The van der Waals surface area contributed by atoms with Gasteiger partial charge in [-0.2, -0.15) is 4.31 Å². The molecule has 198 valence electrons. The van der Waals surface area contributed by atoms with Crippen molar-refractivity contribution in [3.8, 4) is 5.75 Å². The first-order valence-corrected chi connectivity index (χ1v) is 14.0. The summed E-state index contributed by atoms with van der Waals surface area (Å²) in [6.07, 6.45) is 4.55. The van der Waals surface area contributed by atoms with Gasteiger partial charge in [0.1, 0.15) is 22.0 Å². The maximum absolute atomic E-state index is 13.7. The lowest BCUT2D eigenvalue weighted by Gasteiger charge is -2.33. The minimum atomic E-state index is -4.00. The van der Waals surface area contributed by atoms with E-state index in [9.17, 15) is 18.0 Å². The van der Waals surface area contributed by atoms with Crippen LogP contribution in [0.2, 0.25) is 0 Å². The fourth-order valence-electron chi connectivity index (χ4n) is 4.30. The molecule has 14 heteroatoms. The van der Waals surface area contributed by atoms with Crippen LogP contribution in [0.5, 0.6) is 5.75 Å². The SMILES string of the molecule is COc1cccc(NC(=O)Cn2cnc3sc(C)c(S(=O)(=O)N4CCN(c5ncccn5)CC4)c3c2=O)c1. The van der Waals surface area contributed by atoms with Gasteiger partial charge in [0.2, 0.25) is 21.9 Å². The molecule has 0 saturated carbocycles. The Morgan fingerprint density at radius 1 is 1.11 bits per heavy atom. The zero-order valence-corrected chi connectivity index (χ0v) is 22.3. The Kier molecular flexibility index (Phi) is 7.10. The van der Waals surface area contributed by atoms with Crippen molar-refractivity contribution in [2.24, 2.45) is 0 Å². The first kappa shape index (κ1) is 25.8. The number of nitrogens with zero attached hydrogens (tertiary/aromatic N) is 6. The standard InChI is InChI=1S/C24H25N7O5S2/c1-16-21(38(34,35)31-11-9-29(10-12-31)24-25-7-4-8-26-24)20-22(37-16)27-15-30(23(20)33)14-19(32)28-17-5-3-6-18(13-17)36-2/h3-8,13,15H,9-12,14H2,1-2H3,(H,28,32). The number of fused-ring (bicyclic) bond motifs is 1. The van der Waals surface area contributed by atoms with Crippen molar-refractivity contribution in [3.63, 3.8) is 0 Å². The van der Waals surface area contributed by atoms with Crippen LogP contribution in [0, 0.1) is 6.92 Å². The van der Waals surface area contributed by atoms with Gasteiger partial charge < -0.3 is 15.0 Å². The highest BCUT2D eigenvalue weighted by Crippen LogP contribution is 2.33. The summed E-state index contributed by atoms with van der Waals surface area (Å²) >= 11 is 1.14. The molecule has 1 aromatic carbocycles. The lowest BCUT2D eigenvalue weighted by atomic mass is 10.3. The molecule has 38 heavy (non-hydrogen) atoms. The minimum absolute atomic E-state index is 0.00185. The molecule has 0 spiro atoms. The van der Waals surface area contributed by atoms with Crippen molar-refractivity contribution in [1.29, 1.82) is 0 Å². The summed E-state index contributed by atoms with van der Waals surface area (Å²) in [7, 11) is -2.48. The van der Waals surface area contributed by atoms with Gasteiger partial charge in [-0.25, -0.2) is 23.4 Å². The molecule has 1 aliphatic heterocycles. The average molecular weight is 556 g/mol. The number of anilines is 2. The van der Waals surface area contributed by atoms with Crippen LogP contribution in [0.3, 0.4) is 0 Å². The minimum Gasteiger partial charge on any atom is -0.497 e. The smallest absolute Gasteiger partial charge is 0.263 e. The van der Waals surface area contributed by atoms with Gasteiger partial charge in [0.15, 0.2) is 0 Å². The van der Waals surface area contributed by atoms with Crippen molar-refractivity contribution in [3.05, 3.63) is 64.3 Å². The molecule has 1 aliphatic rings.